The van der Waals surface area contributed by atoms with Gasteiger partial charge in [-0.3, -0.25) is 0 Å². The zero-order valence-electron chi connectivity index (χ0n) is 12.0. The van der Waals surface area contributed by atoms with Crippen molar-refractivity contribution in [2.45, 2.75) is 46.3 Å². The molecule has 0 bridgehead atoms. The molecule has 1 heterocycles. The number of nitrogens with zero attached hydrogens (tertiary/aromatic N) is 2. The average molecular weight is 261 g/mol. The van der Waals surface area contributed by atoms with Gasteiger partial charge in [0, 0.05) is 18.8 Å². The minimum atomic E-state index is 0.318. The van der Waals surface area contributed by atoms with E-state index in [9.17, 15) is 0 Å². The Balaban J connectivity index is 1.98. The predicted molar refractivity (Wildman–Crippen MR) is 79.2 cm³/mol. The molecule has 104 valence electrons. The minimum absolute atomic E-state index is 0.318. The summed E-state index contributed by atoms with van der Waals surface area (Å²) in [6.07, 6.45) is 2.49. The molecule has 0 saturated heterocycles. The molecule has 0 aliphatic carbocycles. The summed E-state index contributed by atoms with van der Waals surface area (Å²) < 4.78 is 7.81. The fraction of sp³-hybridized carbons (Fsp3) is 0.533. The maximum atomic E-state index is 5.79. The standard InChI is InChI=1S/C15H23N3O/c1-11(2)19-9-5-4-8-18-12(3)17-14-10-13(16)6-7-15(14)18/h6-7,10-11H,4-5,8-9,16H2,1-3H3. The van der Waals surface area contributed by atoms with E-state index >= 15 is 0 Å². The fourth-order valence-corrected chi connectivity index (χ4v) is 2.24. The molecule has 0 aliphatic heterocycles. The Morgan fingerprint density at radius 1 is 1.32 bits per heavy atom. The SMILES string of the molecule is Cc1nc2cc(N)ccc2n1CCCCOC(C)C. The van der Waals surface area contributed by atoms with Gasteiger partial charge in [-0.2, -0.15) is 0 Å². The Morgan fingerprint density at radius 2 is 2.11 bits per heavy atom. The van der Waals surface area contributed by atoms with E-state index in [-0.39, 0.29) is 0 Å². The maximum Gasteiger partial charge on any atom is 0.106 e. The van der Waals surface area contributed by atoms with Crippen molar-refractivity contribution in [3.05, 3.63) is 24.0 Å². The van der Waals surface area contributed by atoms with Gasteiger partial charge in [-0.15, -0.1) is 0 Å². The zero-order chi connectivity index (χ0) is 13.8. The maximum absolute atomic E-state index is 5.79. The van der Waals surface area contributed by atoms with Gasteiger partial charge < -0.3 is 15.0 Å². The molecule has 0 atom stereocenters. The summed E-state index contributed by atoms with van der Waals surface area (Å²) >= 11 is 0. The molecule has 4 heteroatoms. The fourth-order valence-electron chi connectivity index (χ4n) is 2.24. The van der Waals surface area contributed by atoms with Crippen LogP contribution in [0.15, 0.2) is 18.2 Å². The second-order valence-corrected chi connectivity index (χ2v) is 5.19. The zero-order valence-corrected chi connectivity index (χ0v) is 12.0. The third-order valence-corrected chi connectivity index (χ3v) is 3.19. The van der Waals surface area contributed by atoms with Crippen LogP contribution in [0.4, 0.5) is 5.69 Å². The number of imidazole rings is 1. The van der Waals surface area contributed by atoms with Crippen LogP contribution in [0, 0.1) is 6.92 Å². The topological polar surface area (TPSA) is 53.1 Å². The molecule has 19 heavy (non-hydrogen) atoms. The number of nitrogens with two attached hydrogens (primary N) is 1. The quantitative estimate of drug-likeness (QED) is 0.642. The van der Waals surface area contributed by atoms with Crippen LogP contribution in [0.3, 0.4) is 0 Å². The third kappa shape index (κ3) is 3.47. The average Bonchev–Trinajstić information content (AvgIpc) is 2.64. The van der Waals surface area contributed by atoms with Crippen LogP contribution in [-0.2, 0) is 11.3 Å². The number of ether oxygens (including phenoxy) is 1. The highest BCUT2D eigenvalue weighted by Crippen LogP contribution is 2.19. The molecule has 0 amide bonds. The summed E-state index contributed by atoms with van der Waals surface area (Å²) in [5.74, 6) is 1.05. The number of anilines is 1. The van der Waals surface area contributed by atoms with E-state index in [1.54, 1.807) is 0 Å². The van der Waals surface area contributed by atoms with Crippen LogP contribution in [0.25, 0.3) is 11.0 Å². The van der Waals surface area contributed by atoms with E-state index in [4.69, 9.17) is 10.5 Å². The third-order valence-electron chi connectivity index (χ3n) is 3.19. The van der Waals surface area contributed by atoms with Crippen LogP contribution >= 0.6 is 0 Å². The highest BCUT2D eigenvalue weighted by atomic mass is 16.5. The first kappa shape index (κ1) is 13.9. The van der Waals surface area contributed by atoms with Crippen molar-refractivity contribution in [2.24, 2.45) is 0 Å². The van der Waals surface area contributed by atoms with Gasteiger partial charge in [0.05, 0.1) is 17.1 Å². The van der Waals surface area contributed by atoms with E-state index < -0.39 is 0 Å². The van der Waals surface area contributed by atoms with E-state index in [0.717, 1.165) is 48.5 Å². The lowest BCUT2D eigenvalue weighted by Gasteiger charge is -2.09. The van der Waals surface area contributed by atoms with E-state index in [0.29, 0.717) is 6.10 Å². The largest absolute Gasteiger partial charge is 0.399 e. The molecule has 0 radical (unpaired) electrons. The van der Waals surface area contributed by atoms with Crippen LogP contribution < -0.4 is 5.73 Å². The first-order valence-electron chi connectivity index (χ1n) is 6.92. The van der Waals surface area contributed by atoms with E-state index in [1.165, 1.54) is 0 Å². The van der Waals surface area contributed by atoms with Gasteiger partial charge in [0.25, 0.3) is 0 Å². The summed E-state index contributed by atoms with van der Waals surface area (Å²) in [7, 11) is 0. The van der Waals surface area contributed by atoms with Crippen molar-refractivity contribution < 1.29 is 4.74 Å². The number of aryl methyl sites for hydroxylation is 2. The molecule has 0 fully saturated rings. The Kier molecular flexibility index (Phi) is 4.43. The molecule has 2 N–H and O–H groups in total. The van der Waals surface area contributed by atoms with E-state index in [1.807, 2.05) is 19.1 Å². The predicted octanol–water partition coefficient (Wildman–Crippen LogP) is 3.13. The summed E-state index contributed by atoms with van der Waals surface area (Å²) in [5, 5.41) is 0. The van der Waals surface area contributed by atoms with E-state index in [2.05, 4.69) is 29.5 Å². The second-order valence-electron chi connectivity index (χ2n) is 5.19. The number of hydrogen-bond donors (Lipinski definition) is 1. The minimum Gasteiger partial charge on any atom is -0.399 e. The monoisotopic (exact) mass is 261 g/mol. The molecule has 0 aliphatic rings. The molecule has 2 rings (SSSR count). The van der Waals surface area contributed by atoms with Crippen molar-refractivity contribution >= 4 is 16.7 Å². The van der Waals surface area contributed by atoms with Crippen LogP contribution in [0.2, 0.25) is 0 Å². The molecule has 2 aromatic rings. The Bertz CT molecular complexity index is 546. The summed E-state index contributed by atoms with van der Waals surface area (Å²) in [6, 6.07) is 5.91. The Hall–Kier alpha value is -1.55. The number of fused-ring (bicyclic) bond motifs is 1. The molecule has 4 nitrogen and oxygen atoms in total. The van der Waals surface area contributed by atoms with Gasteiger partial charge in [0.2, 0.25) is 0 Å². The first-order valence-corrected chi connectivity index (χ1v) is 6.92. The number of benzene rings is 1. The first-order chi connectivity index (χ1) is 9.08. The van der Waals surface area contributed by atoms with Crippen LogP contribution in [-0.4, -0.2) is 22.3 Å². The number of hydrogen-bond acceptors (Lipinski definition) is 3. The van der Waals surface area contributed by atoms with Gasteiger partial charge in [0.15, 0.2) is 0 Å². The van der Waals surface area contributed by atoms with Crippen molar-refractivity contribution in [3.63, 3.8) is 0 Å². The van der Waals surface area contributed by atoms with Crippen molar-refractivity contribution in [1.29, 1.82) is 0 Å². The second kappa shape index (κ2) is 6.06. The number of nitrogen functional groups attached to an aromatic ring is 1. The summed E-state index contributed by atoms with van der Waals surface area (Å²) in [6.45, 7) is 7.99. The molecule has 0 unspecified atom stereocenters. The smallest absolute Gasteiger partial charge is 0.106 e. The normalized spacial score (nSPS) is 11.6. The van der Waals surface area contributed by atoms with Crippen molar-refractivity contribution in [2.75, 3.05) is 12.3 Å². The Morgan fingerprint density at radius 3 is 2.84 bits per heavy atom. The van der Waals surface area contributed by atoms with Gasteiger partial charge in [-0.25, -0.2) is 4.98 Å². The summed E-state index contributed by atoms with van der Waals surface area (Å²) in [4.78, 5) is 4.55. The highest BCUT2D eigenvalue weighted by molar-refractivity contribution is 5.79. The number of unbranched alkanes of at least 4 members (excludes halogenated alkanes) is 1. The molecule has 1 aromatic heterocycles. The lowest BCUT2D eigenvalue weighted by molar-refractivity contribution is 0.0754. The highest BCUT2D eigenvalue weighted by Gasteiger charge is 2.07. The van der Waals surface area contributed by atoms with Crippen molar-refractivity contribution in [3.8, 4) is 0 Å². The van der Waals surface area contributed by atoms with Gasteiger partial charge in [0.1, 0.15) is 5.82 Å². The van der Waals surface area contributed by atoms with Crippen molar-refractivity contribution in [1.82, 2.24) is 9.55 Å². The van der Waals surface area contributed by atoms with Crippen LogP contribution in [0.1, 0.15) is 32.5 Å². The van der Waals surface area contributed by atoms with Gasteiger partial charge >= 0.3 is 0 Å². The number of rotatable bonds is 6. The molecule has 0 spiro atoms. The molecular weight excluding hydrogens is 238 g/mol. The number of aromatic nitrogens is 2. The van der Waals surface area contributed by atoms with Gasteiger partial charge in [-0.05, 0) is 51.8 Å². The van der Waals surface area contributed by atoms with Crippen LogP contribution in [0.5, 0.6) is 0 Å². The van der Waals surface area contributed by atoms with Gasteiger partial charge in [-0.1, -0.05) is 0 Å². The lowest BCUT2D eigenvalue weighted by Crippen LogP contribution is -2.06. The Labute approximate surface area is 114 Å². The lowest BCUT2D eigenvalue weighted by atomic mass is 10.2. The molecule has 0 saturated carbocycles. The molecular formula is C15H23N3O. The summed E-state index contributed by atoms with van der Waals surface area (Å²) in [5.41, 5.74) is 8.70. The molecule has 1 aromatic carbocycles.